The van der Waals surface area contributed by atoms with E-state index >= 15 is 0 Å². The summed E-state index contributed by atoms with van der Waals surface area (Å²) in [5.74, 6) is -1.55. The minimum absolute atomic E-state index is 0.317. The molecule has 22 heavy (non-hydrogen) atoms. The van der Waals surface area contributed by atoms with E-state index in [1.54, 1.807) is 12.1 Å². The molecule has 1 heterocycles. The third kappa shape index (κ3) is 2.75. The van der Waals surface area contributed by atoms with E-state index in [9.17, 15) is 9.18 Å². The van der Waals surface area contributed by atoms with Gasteiger partial charge in [-0.25, -0.2) is 18.9 Å². The summed E-state index contributed by atoms with van der Waals surface area (Å²) in [4.78, 5) is 15.2. The summed E-state index contributed by atoms with van der Waals surface area (Å²) < 4.78 is 15.3. The number of hydrogen-bond acceptors (Lipinski definition) is 3. The number of halogens is 2. The highest BCUT2D eigenvalue weighted by molar-refractivity contribution is 9.10. The van der Waals surface area contributed by atoms with Gasteiger partial charge in [0.15, 0.2) is 5.82 Å². The zero-order valence-corrected chi connectivity index (χ0v) is 12.7. The smallest absolute Gasteiger partial charge is 0.375 e. The predicted octanol–water partition coefficient (Wildman–Crippen LogP) is 3.53. The molecule has 1 aromatic heterocycles. The van der Waals surface area contributed by atoms with E-state index in [0.29, 0.717) is 17.1 Å². The van der Waals surface area contributed by atoms with Gasteiger partial charge in [-0.05, 0) is 36.4 Å². The van der Waals surface area contributed by atoms with Gasteiger partial charge in [-0.1, -0.05) is 28.1 Å². The lowest BCUT2D eigenvalue weighted by molar-refractivity contribution is 0.0683. The summed E-state index contributed by atoms with van der Waals surface area (Å²) >= 11 is 3.34. The SMILES string of the molecule is O=C(O)c1nc(-c2ccc(Br)cc2)n(-c2ccc(F)cc2)n1. The van der Waals surface area contributed by atoms with Crippen molar-refractivity contribution in [3.8, 4) is 17.1 Å². The molecule has 0 saturated heterocycles. The van der Waals surface area contributed by atoms with Gasteiger partial charge in [0.2, 0.25) is 0 Å². The van der Waals surface area contributed by atoms with Crippen LogP contribution in [0.5, 0.6) is 0 Å². The Morgan fingerprint density at radius 3 is 2.32 bits per heavy atom. The van der Waals surface area contributed by atoms with Gasteiger partial charge in [0.05, 0.1) is 5.69 Å². The first-order chi connectivity index (χ1) is 10.5. The second-order valence-corrected chi connectivity index (χ2v) is 5.37. The Hall–Kier alpha value is -2.54. The van der Waals surface area contributed by atoms with Crippen LogP contribution in [-0.2, 0) is 0 Å². The van der Waals surface area contributed by atoms with Crippen LogP contribution in [0.25, 0.3) is 17.1 Å². The Kier molecular flexibility index (Phi) is 3.72. The fourth-order valence-electron chi connectivity index (χ4n) is 1.95. The molecule has 0 spiro atoms. The third-order valence-corrected chi connectivity index (χ3v) is 3.50. The maximum Gasteiger partial charge on any atom is 0.375 e. The normalized spacial score (nSPS) is 10.6. The molecule has 2 aromatic carbocycles. The second-order valence-electron chi connectivity index (χ2n) is 4.46. The van der Waals surface area contributed by atoms with E-state index in [1.807, 2.05) is 12.1 Å². The molecular formula is C15H9BrFN3O2. The predicted molar refractivity (Wildman–Crippen MR) is 81.4 cm³/mol. The summed E-state index contributed by atoms with van der Waals surface area (Å²) in [5, 5.41) is 13.1. The molecule has 110 valence electrons. The molecule has 3 aromatic rings. The van der Waals surface area contributed by atoms with Crippen molar-refractivity contribution in [2.75, 3.05) is 0 Å². The molecule has 0 radical (unpaired) electrons. The molecule has 1 N–H and O–H groups in total. The summed E-state index contributed by atoms with van der Waals surface area (Å²) in [5.41, 5.74) is 1.23. The topological polar surface area (TPSA) is 68.0 Å². The van der Waals surface area contributed by atoms with E-state index in [4.69, 9.17) is 5.11 Å². The fraction of sp³-hybridized carbons (Fsp3) is 0. The standard InChI is InChI=1S/C15H9BrFN3O2/c16-10-3-1-9(2-4-10)14-18-13(15(21)22)19-20(14)12-7-5-11(17)6-8-12/h1-8H,(H,21,22). The Balaban J connectivity index is 2.17. The van der Waals surface area contributed by atoms with Crippen molar-refractivity contribution in [1.29, 1.82) is 0 Å². The van der Waals surface area contributed by atoms with Crippen LogP contribution in [0.1, 0.15) is 10.6 Å². The van der Waals surface area contributed by atoms with E-state index in [0.717, 1.165) is 4.47 Å². The van der Waals surface area contributed by atoms with Gasteiger partial charge in [-0.2, -0.15) is 0 Å². The number of rotatable bonds is 3. The number of aromatic carboxylic acids is 1. The summed E-state index contributed by atoms with van der Waals surface area (Å²) in [6.45, 7) is 0. The molecule has 7 heteroatoms. The van der Waals surface area contributed by atoms with Crippen LogP contribution in [0.3, 0.4) is 0 Å². The zero-order chi connectivity index (χ0) is 15.7. The monoisotopic (exact) mass is 361 g/mol. The third-order valence-electron chi connectivity index (χ3n) is 2.97. The largest absolute Gasteiger partial charge is 0.475 e. The van der Waals surface area contributed by atoms with Gasteiger partial charge in [0.1, 0.15) is 5.82 Å². The maximum absolute atomic E-state index is 13.1. The first-order valence-corrected chi connectivity index (χ1v) is 7.06. The minimum atomic E-state index is -1.22. The Morgan fingerprint density at radius 2 is 1.73 bits per heavy atom. The van der Waals surface area contributed by atoms with Crippen LogP contribution in [0.15, 0.2) is 53.0 Å². The molecule has 0 amide bonds. The fourth-order valence-corrected chi connectivity index (χ4v) is 2.22. The van der Waals surface area contributed by atoms with E-state index in [-0.39, 0.29) is 11.6 Å². The van der Waals surface area contributed by atoms with Gasteiger partial charge in [-0.15, -0.1) is 5.10 Å². The first-order valence-electron chi connectivity index (χ1n) is 6.27. The quantitative estimate of drug-likeness (QED) is 0.774. The van der Waals surface area contributed by atoms with E-state index < -0.39 is 5.97 Å². The van der Waals surface area contributed by atoms with Crippen LogP contribution in [0.2, 0.25) is 0 Å². The van der Waals surface area contributed by atoms with Crippen molar-refractivity contribution in [1.82, 2.24) is 14.8 Å². The lowest BCUT2D eigenvalue weighted by atomic mass is 10.2. The Labute approximate surface area is 133 Å². The van der Waals surface area contributed by atoms with Gasteiger partial charge in [0, 0.05) is 10.0 Å². The Bertz CT molecular complexity index is 766. The van der Waals surface area contributed by atoms with Crippen LogP contribution in [0.4, 0.5) is 4.39 Å². The van der Waals surface area contributed by atoms with Crippen LogP contribution in [0, 0.1) is 5.82 Å². The molecule has 0 saturated carbocycles. The lowest BCUT2D eigenvalue weighted by Crippen LogP contribution is -2.02. The minimum Gasteiger partial charge on any atom is -0.475 e. The molecule has 0 aliphatic heterocycles. The number of hydrogen-bond donors (Lipinski definition) is 1. The summed E-state index contributed by atoms with van der Waals surface area (Å²) in [7, 11) is 0. The van der Waals surface area contributed by atoms with Crippen molar-refractivity contribution in [3.05, 3.63) is 64.6 Å². The highest BCUT2D eigenvalue weighted by Gasteiger charge is 2.17. The van der Waals surface area contributed by atoms with Crippen molar-refractivity contribution < 1.29 is 14.3 Å². The number of carbonyl (C=O) groups is 1. The summed E-state index contributed by atoms with van der Waals surface area (Å²) in [6.07, 6.45) is 0. The Morgan fingerprint density at radius 1 is 1.09 bits per heavy atom. The highest BCUT2D eigenvalue weighted by Crippen LogP contribution is 2.23. The summed E-state index contributed by atoms with van der Waals surface area (Å²) in [6, 6.07) is 12.8. The van der Waals surface area contributed by atoms with Crippen molar-refractivity contribution in [3.63, 3.8) is 0 Å². The second kappa shape index (κ2) is 5.69. The molecule has 0 atom stereocenters. The molecule has 0 bridgehead atoms. The lowest BCUT2D eigenvalue weighted by Gasteiger charge is -2.06. The van der Waals surface area contributed by atoms with Gasteiger partial charge >= 0.3 is 5.97 Å². The number of nitrogens with zero attached hydrogens (tertiary/aromatic N) is 3. The molecular weight excluding hydrogens is 353 g/mol. The average Bonchev–Trinajstić information content (AvgIpc) is 2.94. The molecule has 0 aliphatic rings. The van der Waals surface area contributed by atoms with Gasteiger partial charge in [0.25, 0.3) is 5.82 Å². The van der Waals surface area contributed by atoms with Gasteiger partial charge < -0.3 is 5.11 Å². The number of benzene rings is 2. The maximum atomic E-state index is 13.1. The molecule has 0 aliphatic carbocycles. The van der Waals surface area contributed by atoms with E-state index in [1.165, 1.54) is 28.9 Å². The van der Waals surface area contributed by atoms with Crippen LogP contribution in [-0.4, -0.2) is 25.8 Å². The molecule has 0 unspecified atom stereocenters. The van der Waals surface area contributed by atoms with Crippen molar-refractivity contribution in [2.45, 2.75) is 0 Å². The van der Waals surface area contributed by atoms with Gasteiger partial charge in [-0.3, -0.25) is 0 Å². The number of carboxylic acid groups (broad SMARTS) is 1. The average molecular weight is 362 g/mol. The molecule has 5 nitrogen and oxygen atoms in total. The zero-order valence-electron chi connectivity index (χ0n) is 11.1. The highest BCUT2D eigenvalue weighted by atomic mass is 79.9. The molecule has 3 rings (SSSR count). The van der Waals surface area contributed by atoms with Crippen molar-refractivity contribution in [2.24, 2.45) is 0 Å². The van der Waals surface area contributed by atoms with Crippen LogP contribution >= 0.6 is 15.9 Å². The first kappa shape index (κ1) is 14.4. The van der Waals surface area contributed by atoms with E-state index in [2.05, 4.69) is 26.0 Å². The molecule has 0 fully saturated rings. The van der Waals surface area contributed by atoms with Crippen LogP contribution < -0.4 is 0 Å². The number of aromatic nitrogens is 3. The van der Waals surface area contributed by atoms with Crippen molar-refractivity contribution >= 4 is 21.9 Å². The number of carboxylic acids is 1.